The first-order valence-corrected chi connectivity index (χ1v) is 15.0. The van der Waals surface area contributed by atoms with E-state index in [0.29, 0.717) is 61.8 Å². The Morgan fingerprint density at radius 1 is 0.978 bits per heavy atom. The van der Waals surface area contributed by atoms with Crippen LogP contribution in [0.3, 0.4) is 0 Å². The molecule has 45 heavy (non-hydrogen) atoms. The van der Waals surface area contributed by atoms with Gasteiger partial charge in [-0.25, -0.2) is 0 Å². The molecule has 234 valence electrons. The van der Waals surface area contributed by atoms with Gasteiger partial charge in [0.05, 0.1) is 19.7 Å². The number of nitrogens with zero attached hydrogens (tertiary/aromatic N) is 3. The first kappa shape index (κ1) is 29.9. The van der Waals surface area contributed by atoms with Crippen molar-refractivity contribution in [3.63, 3.8) is 0 Å². The zero-order chi connectivity index (χ0) is 31.3. The molecule has 2 atom stereocenters. The Bertz CT molecular complexity index is 1560. The minimum atomic E-state index is -0.501. The maximum atomic E-state index is 13.7. The number of amides is 4. The molecule has 0 radical (unpaired) electrons. The van der Waals surface area contributed by atoms with Crippen LogP contribution in [-0.4, -0.2) is 90.5 Å². The molecule has 0 unspecified atom stereocenters. The molecule has 7 rings (SSSR count). The third-order valence-electron chi connectivity index (χ3n) is 8.39. The molecule has 12 heteroatoms. The second-order valence-corrected chi connectivity index (χ2v) is 11.3. The minimum Gasteiger partial charge on any atom is -0.493 e. The van der Waals surface area contributed by atoms with Gasteiger partial charge in [-0.1, -0.05) is 18.2 Å². The van der Waals surface area contributed by atoms with Crippen molar-refractivity contribution < 1.29 is 33.4 Å². The zero-order valence-corrected chi connectivity index (χ0v) is 24.9. The first-order valence-electron chi connectivity index (χ1n) is 15.0. The maximum Gasteiger partial charge on any atom is 0.272 e. The first-order chi connectivity index (χ1) is 21.9. The Labute approximate surface area is 260 Å². The predicted octanol–water partition coefficient (Wildman–Crippen LogP) is 2.04. The van der Waals surface area contributed by atoms with E-state index in [2.05, 4.69) is 15.6 Å². The van der Waals surface area contributed by atoms with Gasteiger partial charge < -0.3 is 34.6 Å². The van der Waals surface area contributed by atoms with Crippen LogP contribution < -0.4 is 24.8 Å². The number of likely N-dealkylation sites (tertiary alicyclic amines) is 2. The van der Waals surface area contributed by atoms with Gasteiger partial charge in [-0.2, -0.15) is 0 Å². The van der Waals surface area contributed by atoms with Gasteiger partial charge in [0.2, 0.25) is 5.91 Å². The molecule has 5 heterocycles. The number of aromatic nitrogens is 1. The molecule has 4 bridgehead atoms. The monoisotopic (exact) mass is 613 g/mol. The lowest BCUT2D eigenvalue weighted by Crippen LogP contribution is -2.46. The quantitative estimate of drug-likeness (QED) is 0.458. The van der Waals surface area contributed by atoms with E-state index in [4.69, 9.17) is 14.2 Å². The van der Waals surface area contributed by atoms with Crippen LogP contribution in [0.2, 0.25) is 0 Å². The lowest BCUT2D eigenvalue weighted by molar-refractivity contribution is -0.136. The Balaban J connectivity index is 1.18. The fourth-order valence-corrected chi connectivity index (χ4v) is 5.89. The number of benzene rings is 2. The average molecular weight is 614 g/mol. The predicted molar refractivity (Wildman–Crippen MR) is 162 cm³/mol. The van der Waals surface area contributed by atoms with Crippen molar-refractivity contribution in [2.75, 3.05) is 39.9 Å². The normalized spacial score (nSPS) is 20.6. The SMILES string of the molecule is COc1ccc2cc1OCC(=O)NCc1ccc(cc1)O[C@H]1CN(C(=O)C3CCN(C(=O)c4ccccn4)CC3)C[C@@H]1NC2=O. The number of methoxy groups -OCH3 is 1. The van der Waals surface area contributed by atoms with Crippen LogP contribution in [0.15, 0.2) is 66.9 Å². The molecule has 3 aromatic rings. The van der Waals surface area contributed by atoms with Crippen LogP contribution in [0, 0.1) is 5.92 Å². The van der Waals surface area contributed by atoms with Crippen LogP contribution >= 0.6 is 0 Å². The molecule has 2 N–H and O–H groups in total. The summed E-state index contributed by atoms with van der Waals surface area (Å²) < 4.78 is 17.4. The van der Waals surface area contributed by atoms with Crippen LogP contribution in [0.4, 0.5) is 0 Å². The average Bonchev–Trinajstić information content (AvgIpc) is 3.47. The molecule has 12 nitrogen and oxygen atoms in total. The standard InChI is InChI=1S/C33H35N5O7/c1-43-27-10-7-23-16-28(27)44-20-30(39)35-17-21-5-8-24(9-6-21)45-29-19-38(18-26(29)36-31(23)40)32(41)22-11-14-37(15-12-22)33(42)25-4-2-3-13-34-25/h2-10,13,16,22,26,29H,11-12,14-15,17-20H2,1H3,(H,35,39)(H,36,40)/t26-,29-/m0/s1. The molecule has 4 amide bonds. The van der Waals surface area contributed by atoms with Gasteiger partial charge in [-0.3, -0.25) is 24.2 Å². The van der Waals surface area contributed by atoms with Crippen molar-refractivity contribution >= 4 is 23.6 Å². The highest BCUT2D eigenvalue weighted by Gasteiger charge is 2.41. The molecule has 0 spiro atoms. The number of hydrogen-bond acceptors (Lipinski definition) is 8. The lowest BCUT2D eigenvalue weighted by Gasteiger charge is -2.33. The second-order valence-electron chi connectivity index (χ2n) is 11.3. The largest absolute Gasteiger partial charge is 0.493 e. The minimum absolute atomic E-state index is 0.0151. The summed E-state index contributed by atoms with van der Waals surface area (Å²) in [6.07, 6.45) is 2.18. The Kier molecular flexibility index (Phi) is 8.81. The van der Waals surface area contributed by atoms with Crippen LogP contribution in [0.1, 0.15) is 39.3 Å². The Morgan fingerprint density at radius 2 is 1.78 bits per heavy atom. The number of nitrogens with one attached hydrogen (secondary N) is 2. The van der Waals surface area contributed by atoms with E-state index in [1.54, 1.807) is 46.3 Å². The zero-order valence-electron chi connectivity index (χ0n) is 24.9. The number of rotatable bonds is 3. The maximum absolute atomic E-state index is 13.7. The summed E-state index contributed by atoms with van der Waals surface area (Å²) in [6, 6.07) is 16.8. The van der Waals surface area contributed by atoms with Crippen molar-refractivity contribution in [3.8, 4) is 17.2 Å². The summed E-state index contributed by atoms with van der Waals surface area (Å²) in [4.78, 5) is 60.1. The number of pyridine rings is 1. The van der Waals surface area contributed by atoms with Crippen molar-refractivity contribution in [3.05, 3.63) is 83.7 Å². The molecule has 2 saturated heterocycles. The number of carbonyl (C=O) groups excluding carboxylic acids is 4. The Hall–Kier alpha value is -5.13. The van der Waals surface area contributed by atoms with Crippen molar-refractivity contribution in [2.24, 2.45) is 5.92 Å². The van der Waals surface area contributed by atoms with Gasteiger partial charge in [-0.05, 0) is 60.9 Å². The van der Waals surface area contributed by atoms with Crippen molar-refractivity contribution in [1.82, 2.24) is 25.4 Å². The van der Waals surface area contributed by atoms with E-state index < -0.39 is 12.1 Å². The van der Waals surface area contributed by atoms with Gasteiger partial charge in [0.1, 0.15) is 17.5 Å². The van der Waals surface area contributed by atoms with Crippen molar-refractivity contribution in [1.29, 1.82) is 0 Å². The highest BCUT2D eigenvalue weighted by atomic mass is 16.5. The van der Waals surface area contributed by atoms with Gasteiger partial charge in [-0.15, -0.1) is 0 Å². The van der Waals surface area contributed by atoms with Gasteiger partial charge in [0, 0.05) is 43.9 Å². The Morgan fingerprint density at radius 3 is 2.51 bits per heavy atom. The molecule has 1 aromatic heterocycles. The second kappa shape index (κ2) is 13.2. The number of hydrogen-bond donors (Lipinski definition) is 2. The molecule has 4 aliphatic rings. The highest BCUT2D eigenvalue weighted by Crippen LogP contribution is 2.29. The van der Waals surface area contributed by atoms with Gasteiger partial charge in [0.15, 0.2) is 18.1 Å². The van der Waals surface area contributed by atoms with E-state index in [1.807, 2.05) is 24.3 Å². The fraction of sp³-hybridized carbons (Fsp3) is 0.364. The molecular weight excluding hydrogens is 578 g/mol. The lowest BCUT2D eigenvalue weighted by atomic mass is 9.95. The van der Waals surface area contributed by atoms with E-state index in [-0.39, 0.29) is 48.4 Å². The highest BCUT2D eigenvalue weighted by molar-refractivity contribution is 5.95. The molecule has 4 aliphatic heterocycles. The third kappa shape index (κ3) is 6.84. The van der Waals surface area contributed by atoms with E-state index in [0.717, 1.165) is 5.56 Å². The molecule has 0 saturated carbocycles. The molecular formula is C33H35N5O7. The molecule has 2 aromatic carbocycles. The number of piperidine rings is 1. The summed E-state index contributed by atoms with van der Waals surface area (Å²) in [7, 11) is 1.48. The van der Waals surface area contributed by atoms with Crippen LogP contribution in [-0.2, 0) is 16.1 Å². The molecule has 0 aliphatic carbocycles. The number of ether oxygens (including phenoxy) is 3. The third-order valence-corrected chi connectivity index (χ3v) is 8.39. The topological polar surface area (TPSA) is 139 Å². The van der Waals surface area contributed by atoms with E-state index in [9.17, 15) is 19.2 Å². The summed E-state index contributed by atoms with van der Waals surface area (Å²) in [5.74, 6) is 0.154. The summed E-state index contributed by atoms with van der Waals surface area (Å²) in [6.45, 7) is 1.56. The fourth-order valence-electron chi connectivity index (χ4n) is 5.89. The van der Waals surface area contributed by atoms with E-state index >= 15 is 0 Å². The van der Waals surface area contributed by atoms with Crippen LogP contribution in [0.5, 0.6) is 17.2 Å². The van der Waals surface area contributed by atoms with Gasteiger partial charge >= 0.3 is 0 Å². The number of fused-ring (bicyclic) bond motifs is 7. The molecule has 2 fully saturated rings. The van der Waals surface area contributed by atoms with Crippen LogP contribution in [0.25, 0.3) is 0 Å². The smallest absolute Gasteiger partial charge is 0.272 e. The van der Waals surface area contributed by atoms with Crippen molar-refractivity contribution in [2.45, 2.75) is 31.5 Å². The van der Waals surface area contributed by atoms with Gasteiger partial charge in [0.25, 0.3) is 17.7 Å². The van der Waals surface area contributed by atoms with E-state index in [1.165, 1.54) is 13.2 Å². The summed E-state index contributed by atoms with van der Waals surface area (Å²) in [5.41, 5.74) is 1.58. The number of carbonyl (C=O) groups is 4. The summed E-state index contributed by atoms with van der Waals surface area (Å²) in [5, 5.41) is 5.87. The summed E-state index contributed by atoms with van der Waals surface area (Å²) >= 11 is 0.